The van der Waals surface area contributed by atoms with Crippen molar-refractivity contribution in [1.29, 1.82) is 0 Å². The number of guanidine groups is 1. The second-order valence-corrected chi connectivity index (χ2v) is 6.93. The highest BCUT2D eigenvalue weighted by atomic mass is 19.1. The third-order valence-electron chi connectivity index (χ3n) is 4.59. The predicted octanol–water partition coefficient (Wildman–Crippen LogP) is 3.84. The topological polar surface area (TPSA) is 78.8 Å². The number of benzene rings is 2. The Balaban J connectivity index is 1.58. The molecule has 0 aliphatic carbocycles. The monoisotopic (exact) mass is 422 g/mol. The van der Waals surface area contributed by atoms with Crippen LogP contribution in [0.15, 0.2) is 77.9 Å². The van der Waals surface area contributed by atoms with E-state index in [2.05, 4.69) is 20.6 Å². The third kappa shape index (κ3) is 7.08. The number of aromatic nitrogens is 1. The molecule has 0 saturated heterocycles. The summed E-state index contributed by atoms with van der Waals surface area (Å²) in [5.74, 6) is 1.07. The van der Waals surface area contributed by atoms with Gasteiger partial charge in [-0.2, -0.15) is 0 Å². The number of hydrogen-bond donors (Lipinski definition) is 3. The first kappa shape index (κ1) is 22.2. The highest BCUT2D eigenvalue weighted by Crippen LogP contribution is 2.20. The number of hydrogen-bond acceptors (Lipinski definition) is 4. The molecule has 1 heterocycles. The normalized spacial score (nSPS) is 12.3. The van der Waals surface area contributed by atoms with Gasteiger partial charge in [-0.3, -0.25) is 0 Å². The quantitative estimate of drug-likeness (QED) is 0.361. The lowest BCUT2D eigenvalue weighted by Gasteiger charge is -2.18. The van der Waals surface area contributed by atoms with Gasteiger partial charge in [0.2, 0.25) is 5.88 Å². The summed E-state index contributed by atoms with van der Waals surface area (Å²) in [6, 6.07) is 19.4. The van der Waals surface area contributed by atoms with Crippen molar-refractivity contribution < 1.29 is 14.2 Å². The van der Waals surface area contributed by atoms with Gasteiger partial charge in [-0.1, -0.05) is 42.5 Å². The standard InChI is InChI=1S/C24H27FN4O2/c1-2-26-24(29-16-20(17-30)19-7-4-3-5-8-19)28-15-18-11-12-23(27-14-18)31-22-10-6-9-21(25)13-22/h3-14,20,30H,2,15-17H2,1H3,(H2,26,28,29). The van der Waals surface area contributed by atoms with Crippen LogP contribution in [-0.4, -0.2) is 35.7 Å². The van der Waals surface area contributed by atoms with Gasteiger partial charge in [-0.05, 0) is 30.2 Å². The van der Waals surface area contributed by atoms with Crippen molar-refractivity contribution in [2.24, 2.45) is 4.99 Å². The van der Waals surface area contributed by atoms with Crippen LogP contribution in [-0.2, 0) is 6.54 Å². The summed E-state index contributed by atoms with van der Waals surface area (Å²) in [5.41, 5.74) is 1.98. The van der Waals surface area contributed by atoms with Crippen molar-refractivity contribution in [3.63, 3.8) is 0 Å². The SMILES string of the molecule is CCNC(=NCc1ccc(Oc2cccc(F)c2)nc1)NCC(CO)c1ccccc1. The lowest BCUT2D eigenvalue weighted by molar-refractivity contribution is 0.265. The van der Waals surface area contributed by atoms with Gasteiger partial charge in [0.15, 0.2) is 5.96 Å². The Hall–Kier alpha value is -3.45. The minimum atomic E-state index is -0.359. The third-order valence-corrected chi connectivity index (χ3v) is 4.59. The van der Waals surface area contributed by atoms with Crippen molar-refractivity contribution >= 4 is 5.96 Å². The van der Waals surface area contributed by atoms with E-state index in [0.29, 0.717) is 30.7 Å². The second-order valence-electron chi connectivity index (χ2n) is 6.93. The van der Waals surface area contributed by atoms with Crippen LogP contribution in [0.5, 0.6) is 11.6 Å². The summed E-state index contributed by atoms with van der Waals surface area (Å²) in [7, 11) is 0. The highest BCUT2D eigenvalue weighted by molar-refractivity contribution is 5.79. The van der Waals surface area contributed by atoms with E-state index >= 15 is 0 Å². The molecule has 0 aliphatic rings. The molecule has 0 saturated carbocycles. The molecule has 0 radical (unpaired) electrons. The van der Waals surface area contributed by atoms with Gasteiger partial charge >= 0.3 is 0 Å². The minimum absolute atomic E-state index is 0.0222. The maximum atomic E-state index is 13.3. The fourth-order valence-corrected chi connectivity index (χ4v) is 2.96. The summed E-state index contributed by atoms with van der Waals surface area (Å²) < 4.78 is 18.8. The average molecular weight is 423 g/mol. The van der Waals surface area contributed by atoms with Crippen LogP contribution in [0.1, 0.15) is 24.0 Å². The maximum Gasteiger partial charge on any atom is 0.219 e. The zero-order valence-electron chi connectivity index (χ0n) is 17.5. The second kappa shape index (κ2) is 11.7. The lowest BCUT2D eigenvalue weighted by Crippen LogP contribution is -2.39. The number of halogens is 1. The van der Waals surface area contributed by atoms with Gasteiger partial charge in [0.1, 0.15) is 11.6 Å². The Morgan fingerprint density at radius 3 is 2.61 bits per heavy atom. The van der Waals surface area contributed by atoms with Gasteiger partial charge in [-0.15, -0.1) is 0 Å². The van der Waals surface area contributed by atoms with Crippen molar-refractivity contribution in [2.75, 3.05) is 19.7 Å². The number of aliphatic hydroxyl groups is 1. The van der Waals surface area contributed by atoms with Crippen LogP contribution in [0.25, 0.3) is 0 Å². The van der Waals surface area contributed by atoms with Crippen molar-refractivity contribution in [3.05, 3.63) is 89.9 Å². The minimum Gasteiger partial charge on any atom is -0.439 e. The van der Waals surface area contributed by atoms with Crippen LogP contribution in [0, 0.1) is 5.82 Å². The van der Waals surface area contributed by atoms with E-state index in [-0.39, 0.29) is 18.3 Å². The van der Waals surface area contributed by atoms with Crippen LogP contribution < -0.4 is 15.4 Å². The van der Waals surface area contributed by atoms with E-state index in [0.717, 1.165) is 17.7 Å². The zero-order chi connectivity index (χ0) is 21.9. The molecule has 3 aromatic rings. The molecule has 7 heteroatoms. The van der Waals surface area contributed by atoms with Gasteiger partial charge in [0.05, 0.1) is 13.2 Å². The predicted molar refractivity (Wildman–Crippen MR) is 120 cm³/mol. The van der Waals surface area contributed by atoms with Crippen molar-refractivity contribution in [2.45, 2.75) is 19.4 Å². The number of aliphatic hydroxyl groups excluding tert-OH is 1. The van der Waals surface area contributed by atoms with Gasteiger partial charge in [0, 0.05) is 37.3 Å². The van der Waals surface area contributed by atoms with Crippen LogP contribution in [0.4, 0.5) is 4.39 Å². The molecule has 162 valence electrons. The van der Waals surface area contributed by atoms with Crippen LogP contribution in [0.3, 0.4) is 0 Å². The van der Waals surface area contributed by atoms with E-state index in [4.69, 9.17) is 4.74 Å². The number of rotatable bonds is 9. The Morgan fingerprint density at radius 1 is 1.10 bits per heavy atom. The first-order valence-corrected chi connectivity index (χ1v) is 10.2. The molecule has 1 aromatic heterocycles. The first-order valence-electron chi connectivity index (χ1n) is 10.2. The molecular formula is C24H27FN4O2. The zero-order valence-corrected chi connectivity index (χ0v) is 17.5. The highest BCUT2D eigenvalue weighted by Gasteiger charge is 2.11. The van der Waals surface area contributed by atoms with Gasteiger partial charge in [-0.25, -0.2) is 14.4 Å². The summed E-state index contributed by atoms with van der Waals surface area (Å²) in [4.78, 5) is 8.86. The molecule has 0 spiro atoms. The molecule has 1 atom stereocenters. The Labute approximate surface area is 181 Å². The Bertz CT molecular complexity index is 965. The van der Waals surface area contributed by atoms with E-state index in [1.54, 1.807) is 24.4 Å². The maximum absolute atomic E-state index is 13.3. The van der Waals surface area contributed by atoms with E-state index in [1.165, 1.54) is 12.1 Å². The number of aliphatic imine (C=N–C) groups is 1. The molecule has 31 heavy (non-hydrogen) atoms. The molecule has 3 rings (SSSR count). The molecule has 0 aliphatic heterocycles. The Morgan fingerprint density at radius 2 is 1.94 bits per heavy atom. The smallest absolute Gasteiger partial charge is 0.219 e. The fraction of sp³-hybridized carbons (Fsp3) is 0.250. The van der Waals surface area contributed by atoms with Gasteiger partial charge < -0.3 is 20.5 Å². The summed E-state index contributed by atoms with van der Waals surface area (Å²) in [6.45, 7) is 3.76. The first-order chi connectivity index (χ1) is 15.2. The molecular weight excluding hydrogens is 395 g/mol. The molecule has 3 N–H and O–H groups in total. The molecule has 0 amide bonds. The molecule has 2 aromatic carbocycles. The fourth-order valence-electron chi connectivity index (χ4n) is 2.96. The summed E-state index contributed by atoms with van der Waals surface area (Å²) in [6.07, 6.45) is 1.68. The Kier molecular flexibility index (Phi) is 8.37. The molecule has 0 bridgehead atoms. The number of ether oxygens (including phenoxy) is 1. The van der Waals surface area contributed by atoms with Crippen LogP contribution in [0.2, 0.25) is 0 Å². The number of pyridine rings is 1. The summed E-state index contributed by atoms with van der Waals surface area (Å²) >= 11 is 0. The van der Waals surface area contributed by atoms with Crippen LogP contribution >= 0.6 is 0 Å². The number of nitrogens with zero attached hydrogens (tertiary/aromatic N) is 2. The molecule has 1 unspecified atom stereocenters. The number of nitrogens with one attached hydrogen (secondary N) is 2. The molecule has 0 fully saturated rings. The van der Waals surface area contributed by atoms with Crippen molar-refractivity contribution in [1.82, 2.24) is 15.6 Å². The van der Waals surface area contributed by atoms with Crippen molar-refractivity contribution in [3.8, 4) is 11.6 Å². The summed E-state index contributed by atoms with van der Waals surface area (Å²) in [5, 5.41) is 16.2. The molecule has 6 nitrogen and oxygen atoms in total. The van der Waals surface area contributed by atoms with Gasteiger partial charge in [0.25, 0.3) is 0 Å². The lowest BCUT2D eigenvalue weighted by atomic mass is 10.0. The average Bonchev–Trinajstić information content (AvgIpc) is 2.79. The van der Waals surface area contributed by atoms with E-state index < -0.39 is 0 Å². The largest absolute Gasteiger partial charge is 0.439 e. The van der Waals surface area contributed by atoms with E-state index in [9.17, 15) is 9.50 Å². The van der Waals surface area contributed by atoms with E-state index in [1.807, 2.05) is 43.3 Å².